The van der Waals surface area contributed by atoms with Crippen molar-refractivity contribution in [2.75, 3.05) is 16.0 Å². The van der Waals surface area contributed by atoms with Crippen LogP contribution >= 0.6 is 11.6 Å². The van der Waals surface area contributed by atoms with E-state index >= 15 is 0 Å². The molecule has 0 saturated heterocycles. The Kier molecular flexibility index (Phi) is 6.80. The van der Waals surface area contributed by atoms with E-state index in [-0.39, 0.29) is 12.3 Å². The van der Waals surface area contributed by atoms with E-state index in [4.69, 9.17) is 11.6 Å². The molecule has 2 aromatic heterocycles. The van der Waals surface area contributed by atoms with Crippen LogP contribution < -0.4 is 16.0 Å². The molecule has 0 aliphatic heterocycles. The number of rotatable bonds is 7. The molecule has 2 aromatic carbocycles. The van der Waals surface area contributed by atoms with E-state index in [1.807, 2.05) is 68.4 Å². The molecule has 0 aliphatic carbocycles. The summed E-state index contributed by atoms with van der Waals surface area (Å²) in [5.41, 5.74) is 3.56. The number of aryl methyl sites for hydroxylation is 2. The first-order valence-corrected chi connectivity index (χ1v) is 10.8. The number of halogens is 1. The maximum absolute atomic E-state index is 12.3. The standard InChI is InChI=1S/C25H23ClN6O/c1-16-11-12-27-22(13-16)32-24-15-23(28-17(2)29-24)30-20-7-9-21(10-8-20)31-25(33)14-18-3-5-19(26)6-4-18/h3-13,15H,14H2,1-2H3,(H,31,33)(H2,27,28,29,30,32). The lowest BCUT2D eigenvalue weighted by molar-refractivity contribution is -0.115. The number of pyridine rings is 1. The molecule has 1 amide bonds. The molecule has 2 heterocycles. The molecule has 4 rings (SSSR count). The monoisotopic (exact) mass is 458 g/mol. The topological polar surface area (TPSA) is 91.8 Å². The fourth-order valence-electron chi connectivity index (χ4n) is 3.21. The number of anilines is 5. The average molecular weight is 459 g/mol. The molecule has 0 radical (unpaired) electrons. The quantitative estimate of drug-likeness (QED) is 0.323. The molecule has 0 spiro atoms. The first-order valence-electron chi connectivity index (χ1n) is 10.4. The van der Waals surface area contributed by atoms with Gasteiger partial charge in [-0.3, -0.25) is 4.79 Å². The summed E-state index contributed by atoms with van der Waals surface area (Å²) in [6, 6.07) is 20.4. The van der Waals surface area contributed by atoms with Gasteiger partial charge in [0.1, 0.15) is 23.3 Å². The molecule has 4 aromatic rings. The van der Waals surface area contributed by atoms with Gasteiger partial charge < -0.3 is 16.0 Å². The second-order valence-corrected chi connectivity index (χ2v) is 8.02. The summed E-state index contributed by atoms with van der Waals surface area (Å²) in [7, 11) is 0. The number of carbonyl (C=O) groups excluding carboxylic acids is 1. The molecule has 166 valence electrons. The minimum Gasteiger partial charge on any atom is -0.340 e. The number of hydrogen-bond donors (Lipinski definition) is 3. The van der Waals surface area contributed by atoms with E-state index < -0.39 is 0 Å². The maximum atomic E-state index is 12.3. The summed E-state index contributed by atoms with van der Waals surface area (Å²) < 4.78 is 0. The minimum absolute atomic E-state index is 0.0927. The zero-order valence-electron chi connectivity index (χ0n) is 18.3. The van der Waals surface area contributed by atoms with E-state index in [0.29, 0.717) is 28.2 Å². The molecule has 33 heavy (non-hydrogen) atoms. The summed E-state index contributed by atoms with van der Waals surface area (Å²) in [6.45, 7) is 3.84. The summed E-state index contributed by atoms with van der Waals surface area (Å²) in [5.74, 6) is 2.55. The van der Waals surface area contributed by atoms with Crippen LogP contribution in [0.25, 0.3) is 0 Å². The van der Waals surface area contributed by atoms with Crippen molar-refractivity contribution in [3.8, 4) is 0 Å². The van der Waals surface area contributed by atoms with Crippen LogP contribution in [0.2, 0.25) is 5.02 Å². The van der Waals surface area contributed by atoms with Crippen LogP contribution in [-0.2, 0) is 11.2 Å². The molecular weight excluding hydrogens is 436 g/mol. The van der Waals surface area contributed by atoms with Crippen molar-refractivity contribution in [2.45, 2.75) is 20.3 Å². The van der Waals surface area contributed by atoms with Crippen molar-refractivity contribution in [3.05, 3.63) is 94.9 Å². The molecule has 3 N–H and O–H groups in total. The third-order valence-corrected chi connectivity index (χ3v) is 4.98. The van der Waals surface area contributed by atoms with Crippen molar-refractivity contribution in [1.82, 2.24) is 15.0 Å². The SMILES string of the molecule is Cc1ccnc(Nc2cc(Nc3ccc(NC(=O)Cc4ccc(Cl)cc4)cc3)nc(C)n2)c1. The highest BCUT2D eigenvalue weighted by atomic mass is 35.5. The lowest BCUT2D eigenvalue weighted by Gasteiger charge is -2.11. The van der Waals surface area contributed by atoms with Gasteiger partial charge in [0.15, 0.2) is 0 Å². The lowest BCUT2D eigenvalue weighted by atomic mass is 10.1. The summed E-state index contributed by atoms with van der Waals surface area (Å²) >= 11 is 5.89. The van der Waals surface area contributed by atoms with Crippen LogP contribution in [0.5, 0.6) is 0 Å². The molecule has 8 heteroatoms. The van der Waals surface area contributed by atoms with Gasteiger partial charge in [-0.1, -0.05) is 23.7 Å². The largest absolute Gasteiger partial charge is 0.340 e. The third kappa shape index (κ3) is 6.51. The molecular formula is C25H23ClN6O. The zero-order chi connectivity index (χ0) is 23.2. The Bertz CT molecular complexity index is 1260. The van der Waals surface area contributed by atoms with Crippen LogP contribution in [-0.4, -0.2) is 20.9 Å². The Hall–Kier alpha value is -3.97. The Labute approximate surface area is 197 Å². The second-order valence-electron chi connectivity index (χ2n) is 7.58. The van der Waals surface area contributed by atoms with Crippen LogP contribution in [0.1, 0.15) is 17.0 Å². The number of nitrogens with zero attached hydrogens (tertiary/aromatic N) is 3. The Morgan fingerprint density at radius 3 is 2.18 bits per heavy atom. The van der Waals surface area contributed by atoms with Gasteiger partial charge in [-0.15, -0.1) is 0 Å². The molecule has 0 fully saturated rings. The van der Waals surface area contributed by atoms with Crippen molar-refractivity contribution in [3.63, 3.8) is 0 Å². The maximum Gasteiger partial charge on any atom is 0.228 e. The molecule has 0 atom stereocenters. The fraction of sp³-hybridized carbons (Fsp3) is 0.120. The van der Waals surface area contributed by atoms with E-state index in [1.54, 1.807) is 18.3 Å². The van der Waals surface area contributed by atoms with Gasteiger partial charge in [-0.2, -0.15) is 0 Å². The smallest absolute Gasteiger partial charge is 0.228 e. The first-order chi connectivity index (χ1) is 15.9. The number of carbonyl (C=O) groups is 1. The van der Waals surface area contributed by atoms with Crippen molar-refractivity contribution < 1.29 is 4.79 Å². The van der Waals surface area contributed by atoms with Crippen LogP contribution in [0, 0.1) is 13.8 Å². The van der Waals surface area contributed by atoms with Crippen LogP contribution in [0.3, 0.4) is 0 Å². The zero-order valence-corrected chi connectivity index (χ0v) is 19.0. The predicted octanol–water partition coefficient (Wildman–Crippen LogP) is 5.81. The van der Waals surface area contributed by atoms with Gasteiger partial charge in [-0.25, -0.2) is 15.0 Å². The Morgan fingerprint density at radius 2 is 1.48 bits per heavy atom. The van der Waals surface area contributed by atoms with E-state index in [9.17, 15) is 4.79 Å². The Balaban J connectivity index is 1.38. The minimum atomic E-state index is -0.0927. The van der Waals surface area contributed by atoms with Gasteiger partial charge in [0.25, 0.3) is 0 Å². The van der Waals surface area contributed by atoms with E-state index in [0.717, 1.165) is 22.6 Å². The highest BCUT2D eigenvalue weighted by molar-refractivity contribution is 6.30. The van der Waals surface area contributed by atoms with Crippen molar-refractivity contribution in [2.24, 2.45) is 0 Å². The summed E-state index contributed by atoms with van der Waals surface area (Å²) in [5, 5.41) is 10.0. The summed E-state index contributed by atoms with van der Waals surface area (Å²) in [4.78, 5) is 25.5. The molecule has 0 unspecified atom stereocenters. The predicted molar refractivity (Wildman–Crippen MR) is 133 cm³/mol. The van der Waals surface area contributed by atoms with E-state index in [1.165, 1.54) is 0 Å². The number of hydrogen-bond acceptors (Lipinski definition) is 6. The Morgan fingerprint density at radius 1 is 0.818 bits per heavy atom. The highest BCUT2D eigenvalue weighted by Gasteiger charge is 2.07. The number of benzene rings is 2. The fourth-order valence-corrected chi connectivity index (χ4v) is 3.34. The lowest BCUT2D eigenvalue weighted by Crippen LogP contribution is -2.14. The van der Waals surface area contributed by atoms with Gasteiger partial charge >= 0.3 is 0 Å². The van der Waals surface area contributed by atoms with Crippen LogP contribution in [0.15, 0.2) is 72.9 Å². The highest BCUT2D eigenvalue weighted by Crippen LogP contribution is 2.21. The molecule has 7 nitrogen and oxygen atoms in total. The van der Waals surface area contributed by atoms with Gasteiger partial charge in [0.05, 0.1) is 6.42 Å². The second kappa shape index (κ2) is 10.1. The third-order valence-electron chi connectivity index (χ3n) is 4.73. The molecule has 0 saturated carbocycles. The van der Waals surface area contributed by atoms with Gasteiger partial charge in [0, 0.05) is 28.7 Å². The molecule has 0 aliphatic rings. The number of aromatic nitrogens is 3. The molecule has 0 bridgehead atoms. The average Bonchev–Trinajstić information content (AvgIpc) is 2.76. The van der Waals surface area contributed by atoms with Crippen molar-refractivity contribution in [1.29, 1.82) is 0 Å². The number of nitrogens with one attached hydrogen (secondary N) is 3. The van der Waals surface area contributed by atoms with Crippen molar-refractivity contribution >= 4 is 46.3 Å². The first kappa shape index (κ1) is 22.2. The van der Waals surface area contributed by atoms with E-state index in [2.05, 4.69) is 30.9 Å². The summed E-state index contributed by atoms with van der Waals surface area (Å²) in [6.07, 6.45) is 2.03. The normalized spacial score (nSPS) is 10.5. The van der Waals surface area contributed by atoms with Gasteiger partial charge in [0.2, 0.25) is 5.91 Å². The number of amides is 1. The van der Waals surface area contributed by atoms with Gasteiger partial charge in [-0.05, 0) is 73.5 Å². The van der Waals surface area contributed by atoms with Crippen LogP contribution in [0.4, 0.5) is 28.8 Å².